The van der Waals surface area contributed by atoms with Crippen molar-refractivity contribution in [1.82, 2.24) is 0 Å². The van der Waals surface area contributed by atoms with Gasteiger partial charge in [0, 0.05) is 7.11 Å². The fourth-order valence-corrected chi connectivity index (χ4v) is 0.872. The van der Waals surface area contributed by atoms with Gasteiger partial charge in [-0.05, 0) is 5.92 Å². The molecule has 1 unspecified atom stereocenters. The second-order valence-corrected chi connectivity index (χ2v) is 3.79. The Bertz CT molecular complexity index is 137. The molecule has 5 heteroatoms. The molecule has 0 aromatic heterocycles. The molecule has 0 aliphatic rings. The predicted octanol–water partition coefficient (Wildman–Crippen LogP) is 2.38. The molecule has 3 nitrogen and oxygen atoms in total. The molecule has 0 N–H and O–H groups in total. The molecule has 0 aromatic rings. The van der Waals surface area contributed by atoms with Gasteiger partial charge in [-0.3, -0.25) is 9.05 Å². The van der Waals surface area contributed by atoms with Gasteiger partial charge < -0.3 is 0 Å². The monoisotopic (exact) mass is 170 g/mol. The summed E-state index contributed by atoms with van der Waals surface area (Å²) >= 11 is 0. The maximum absolute atomic E-state index is 12.3. The van der Waals surface area contributed by atoms with E-state index in [1.807, 2.05) is 13.8 Å². The molecule has 0 heterocycles. The first kappa shape index (κ1) is 10.1. The summed E-state index contributed by atoms with van der Waals surface area (Å²) in [6.07, 6.45) is 0. The van der Waals surface area contributed by atoms with Gasteiger partial charge in [0.1, 0.15) is 0 Å². The number of hydrogen-bond donors (Lipinski definition) is 0. The van der Waals surface area contributed by atoms with E-state index in [9.17, 15) is 8.76 Å². The van der Waals surface area contributed by atoms with Gasteiger partial charge in [-0.1, -0.05) is 13.8 Å². The van der Waals surface area contributed by atoms with Crippen molar-refractivity contribution in [1.29, 1.82) is 0 Å². The highest BCUT2D eigenvalue weighted by atomic mass is 31.2. The first-order valence-corrected chi connectivity index (χ1v) is 4.41. The molecule has 0 amide bonds. The van der Waals surface area contributed by atoms with Gasteiger partial charge in [-0.15, -0.1) is 4.20 Å². The Kier molecular flexibility index (Phi) is 4.09. The Morgan fingerprint density at radius 2 is 2.10 bits per heavy atom. The molecule has 1 atom stereocenters. The molecular formula is C5H12FO3P. The van der Waals surface area contributed by atoms with Gasteiger partial charge in [0.05, 0.1) is 6.61 Å². The molecule has 62 valence electrons. The van der Waals surface area contributed by atoms with Crippen LogP contribution in [0, 0.1) is 5.92 Å². The standard InChI is InChI=1S/C5H12FO3P/c1-5(2)4-9-10(6,7)8-3/h5H,4H2,1-3H3. The van der Waals surface area contributed by atoms with E-state index in [4.69, 9.17) is 0 Å². The summed E-state index contributed by atoms with van der Waals surface area (Å²) in [5.74, 6) is 0.152. The van der Waals surface area contributed by atoms with Crippen LogP contribution in [0.4, 0.5) is 4.20 Å². The zero-order chi connectivity index (χ0) is 8.20. The predicted molar refractivity (Wildman–Crippen MR) is 36.5 cm³/mol. The summed E-state index contributed by atoms with van der Waals surface area (Å²) in [5, 5.41) is 0. The van der Waals surface area contributed by atoms with Crippen molar-refractivity contribution in [2.24, 2.45) is 5.92 Å². The minimum absolute atomic E-state index is 0.113. The van der Waals surface area contributed by atoms with Crippen molar-refractivity contribution in [3.8, 4) is 0 Å². The van der Waals surface area contributed by atoms with Gasteiger partial charge >= 0.3 is 7.91 Å². The van der Waals surface area contributed by atoms with Crippen molar-refractivity contribution in [2.75, 3.05) is 13.7 Å². The number of rotatable bonds is 4. The summed E-state index contributed by atoms with van der Waals surface area (Å²) in [5.41, 5.74) is 0. The number of hydrogen-bond acceptors (Lipinski definition) is 3. The molecule has 0 fully saturated rings. The lowest BCUT2D eigenvalue weighted by atomic mass is 10.2. The molecule has 0 radical (unpaired) electrons. The summed E-state index contributed by atoms with van der Waals surface area (Å²) in [4.78, 5) is 0. The second-order valence-electron chi connectivity index (χ2n) is 2.30. The van der Waals surface area contributed by atoms with Gasteiger partial charge in [-0.25, -0.2) is 4.57 Å². The molecule has 0 aliphatic carbocycles. The molecule has 0 bridgehead atoms. The molecule has 0 saturated carbocycles. The van der Waals surface area contributed by atoms with Crippen LogP contribution in [0.2, 0.25) is 0 Å². The zero-order valence-electron chi connectivity index (χ0n) is 6.33. The molecule has 0 rings (SSSR count). The van der Waals surface area contributed by atoms with E-state index in [2.05, 4.69) is 9.05 Å². The van der Waals surface area contributed by atoms with Crippen LogP contribution in [0.5, 0.6) is 0 Å². The molecule has 0 saturated heterocycles. The van der Waals surface area contributed by atoms with E-state index < -0.39 is 7.91 Å². The third-order valence-electron chi connectivity index (χ3n) is 0.780. The molecular weight excluding hydrogens is 158 g/mol. The largest absolute Gasteiger partial charge is 0.512 e. The van der Waals surface area contributed by atoms with Crippen molar-refractivity contribution >= 4 is 7.91 Å². The first-order valence-electron chi connectivity index (χ1n) is 2.98. The van der Waals surface area contributed by atoms with Crippen molar-refractivity contribution in [3.63, 3.8) is 0 Å². The average molecular weight is 170 g/mol. The Labute approximate surface area is 60.2 Å². The lowest BCUT2D eigenvalue weighted by molar-refractivity contribution is 0.182. The molecule has 0 spiro atoms. The third-order valence-corrected chi connectivity index (χ3v) is 1.67. The summed E-state index contributed by atoms with van der Waals surface area (Å²) in [6, 6.07) is 0. The summed E-state index contributed by atoms with van der Waals surface area (Å²) in [6.45, 7) is 3.77. The maximum Gasteiger partial charge on any atom is 0.512 e. The molecule has 10 heavy (non-hydrogen) atoms. The topological polar surface area (TPSA) is 35.5 Å². The summed E-state index contributed by atoms with van der Waals surface area (Å²) in [7, 11) is -3.21. The Morgan fingerprint density at radius 1 is 1.60 bits per heavy atom. The van der Waals surface area contributed by atoms with E-state index in [0.717, 1.165) is 7.11 Å². The third kappa shape index (κ3) is 4.91. The van der Waals surface area contributed by atoms with Crippen LogP contribution < -0.4 is 0 Å². The SMILES string of the molecule is COP(=O)(F)OCC(C)C. The Hall–Kier alpha value is 0.0800. The second kappa shape index (κ2) is 4.06. The van der Waals surface area contributed by atoms with E-state index in [1.54, 1.807) is 0 Å². The van der Waals surface area contributed by atoms with Crippen LogP contribution in [0.25, 0.3) is 0 Å². The van der Waals surface area contributed by atoms with E-state index in [0.29, 0.717) is 0 Å². The fraction of sp³-hybridized carbons (Fsp3) is 1.00. The van der Waals surface area contributed by atoms with E-state index in [1.165, 1.54) is 0 Å². The first-order chi connectivity index (χ1) is 4.48. The quantitative estimate of drug-likeness (QED) is 0.607. The average Bonchev–Trinajstić information content (AvgIpc) is 1.85. The minimum atomic E-state index is -4.23. The zero-order valence-corrected chi connectivity index (χ0v) is 7.23. The Balaban J connectivity index is 3.58. The van der Waals surface area contributed by atoms with Crippen LogP contribution >= 0.6 is 7.91 Å². The highest BCUT2D eigenvalue weighted by Gasteiger charge is 2.21. The van der Waals surface area contributed by atoms with Crippen LogP contribution in [0.15, 0.2) is 0 Å². The molecule has 0 aliphatic heterocycles. The lowest BCUT2D eigenvalue weighted by Crippen LogP contribution is -1.98. The minimum Gasteiger partial charge on any atom is -0.287 e. The van der Waals surface area contributed by atoms with E-state index >= 15 is 0 Å². The van der Waals surface area contributed by atoms with Crippen LogP contribution in [-0.4, -0.2) is 13.7 Å². The van der Waals surface area contributed by atoms with E-state index in [-0.39, 0.29) is 12.5 Å². The van der Waals surface area contributed by atoms with Gasteiger partial charge in [-0.2, -0.15) is 0 Å². The Morgan fingerprint density at radius 3 is 2.40 bits per heavy atom. The van der Waals surface area contributed by atoms with Crippen LogP contribution in [-0.2, 0) is 13.6 Å². The highest BCUT2D eigenvalue weighted by Crippen LogP contribution is 2.48. The highest BCUT2D eigenvalue weighted by molar-refractivity contribution is 7.48. The van der Waals surface area contributed by atoms with Gasteiger partial charge in [0.25, 0.3) is 0 Å². The van der Waals surface area contributed by atoms with Crippen molar-refractivity contribution in [3.05, 3.63) is 0 Å². The normalized spacial score (nSPS) is 17.3. The van der Waals surface area contributed by atoms with Crippen LogP contribution in [0.1, 0.15) is 13.8 Å². The smallest absolute Gasteiger partial charge is 0.287 e. The van der Waals surface area contributed by atoms with Crippen LogP contribution in [0.3, 0.4) is 0 Å². The van der Waals surface area contributed by atoms with Gasteiger partial charge in [0.15, 0.2) is 0 Å². The van der Waals surface area contributed by atoms with Crippen molar-refractivity contribution < 1.29 is 17.8 Å². The van der Waals surface area contributed by atoms with Gasteiger partial charge in [0.2, 0.25) is 0 Å². The molecule has 0 aromatic carbocycles. The summed E-state index contributed by atoms with van der Waals surface area (Å²) < 4.78 is 30.9. The lowest BCUT2D eigenvalue weighted by Gasteiger charge is -2.08. The van der Waals surface area contributed by atoms with Crippen molar-refractivity contribution in [2.45, 2.75) is 13.8 Å². The maximum atomic E-state index is 12.3. The number of halogens is 1. The fourth-order valence-electron chi connectivity index (χ4n) is 0.291.